The summed E-state index contributed by atoms with van der Waals surface area (Å²) in [6, 6.07) is 8.65. The number of benzene rings is 1. The van der Waals surface area contributed by atoms with Crippen LogP contribution >= 0.6 is 0 Å². The number of carbonyl (C=O) groups is 1. The molecule has 1 amide bonds. The number of hydrogen-bond donors (Lipinski definition) is 1. The van der Waals surface area contributed by atoms with E-state index < -0.39 is 0 Å². The van der Waals surface area contributed by atoms with Crippen molar-refractivity contribution in [3.8, 4) is 0 Å². The van der Waals surface area contributed by atoms with E-state index in [0.29, 0.717) is 11.8 Å². The van der Waals surface area contributed by atoms with Gasteiger partial charge in [0.2, 0.25) is 0 Å². The Morgan fingerprint density at radius 1 is 1.23 bits per heavy atom. The van der Waals surface area contributed by atoms with Crippen LogP contribution in [0.5, 0.6) is 0 Å². The quantitative estimate of drug-likeness (QED) is 0.924. The zero-order chi connectivity index (χ0) is 18.4. The lowest BCUT2D eigenvalue weighted by atomic mass is 9.87. The zero-order valence-corrected chi connectivity index (χ0v) is 16.1. The highest BCUT2D eigenvalue weighted by molar-refractivity contribution is 5.97. The standard InChI is InChI=1S/C21H28N4O/c1-5-25-15(4)19(14(3)23-25)21(26)24-12-16-10-22-11-18(16)20(24)17-9-7-6-8-13(17)2/h6-9,16,18,20,22H,5,10-12H2,1-4H3/t16-,18-,20+/m0/s1. The molecule has 0 aliphatic carbocycles. The number of fused-ring (bicyclic) bond motifs is 1. The third-order valence-corrected chi connectivity index (χ3v) is 6.23. The number of amides is 1. The van der Waals surface area contributed by atoms with Gasteiger partial charge >= 0.3 is 0 Å². The Kier molecular flexibility index (Phi) is 4.35. The minimum atomic E-state index is 0.141. The van der Waals surface area contributed by atoms with Crippen molar-refractivity contribution in [2.75, 3.05) is 19.6 Å². The van der Waals surface area contributed by atoms with Gasteiger partial charge in [-0.3, -0.25) is 9.48 Å². The first-order chi connectivity index (χ1) is 12.5. The number of likely N-dealkylation sites (tertiary alicyclic amines) is 1. The second-order valence-electron chi connectivity index (χ2n) is 7.70. The third-order valence-electron chi connectivity index (χ3n) is 6.23. The monoisotopic (exact) mass is 352 g/mol. The third kappa shape index (κ3) is 2.57. The van der Waals surface area contributed by atoms with Crippen molar-refractivity contribution in [2.24, 2.45) is 11.8 Å². The van der Waals surface area contributed by atoms with Crippen molar-refractivity contribution >= 4 is 5.91 Å². The molecule has 5 nitrogen and oxygen atoms in total. The van der Waals surface area contributed by atoms with Crippen LogP contribution in [0.15, 0.2) is 24.3 Å². The maximum absolute atomic E-state index is 13.6. The summed E-state index contributed by atoms with van der Waals surface area (Å²) >= 11 is 0. The van der Waals surface area contributed by atoms with Gasteiger partial charge in [-0.15, -0.1) is 0 Å². The number of aryl methyl sites for hydroxylation is 3. The van der Waals surface area contributed by atoms with Crippen molar-refractivity contribution < 1.29 is 4.79 Å². The minimum Gasteiger partial charge on any atom is -0.331 e. The summed E-state index contributed by atoms with van der Waals surface area (Å²) in [5.41, 5.74) is 5.16. The fourth-order valence-corrected chi connectivity index (χ4v) is 4.90. The number of rotatable bonds is 3. The first kappa shape index (κ1) is 17.3. The van der Waals surface area contributed by atoms with Gasteiger partial charge in [-0.05, 0) is 44.7 Å². The molecule has 1 aromatic heterocycles. The Labute approximate surface area is 155 Å². The van der Waals surface area contributed by atoms with Crippen molar-refractivity contribution in [1.29, 1.82) is 0 Å². The van der Waals surface area contributed by atoms with Crippen molar-refractivity contribution in [1.82, 2.24) is 20.0 Å². The van der Waals surface area contributed by atoms with Gasteiger partial charge in [0.05, 0.1) is 17.3 Å². The molecule has 0 unspecified atom stereocenters. The van der Waals surface area contributed by atoms with Crippen molar-refractivity contribution in [3.05, 3.63) is 52.3 Å². The van der Waals surface area contributed by atoms with Gasteiger partial charge in [-0.1, -0.05) is 24.3 Å². The zero-order valence-electron chi connectivity index (χ0n) is 16.1. The van der Waals surface area contributed by atoms with Crippen molar-refractivity contribution in [2.45, 2.75) is 40.3 Å². The molecule has 1 N–H and O–H groups in total. The maximum atomic E-state index is 13.6. The van der Waals surface area contributed by atoms with Crippen LogP contribution in [0.1, 0.15) is 45.8 Å². The SMILES string of the molecule is CCn1nc(C)c(C(=O)N2C[C@@H]3CNC[C@@H]3[C@H]2c2ccccc2C)c1C. The summed E-state index contributed by atoms with van der Waals surface area (Å²) in [6.45, 7) is 11.8. The molecule has 3 atom stereocenters. The summed E-state index contributed by atoms with van der Waals surface area (Å²) in [5, 5.41) is 8.09. The normalized spacial score (nSPS) is 24.9. The lowest BCUT2D eigenvalue weighted by Crippen LogP contribution is -2.35. The Bertz CT molecular complexity index is 841. The van der Waals surface area contributed by atoms with Gasteiger partial charge in [-0.2, -0.15) is 5.10 Å². The topological polar surface area (TPSA) is 50.2 Å². The lowest BCUT2D eigenvalue weighted by Gasteiger charge is -2.29. The van der Waals surface area contributed by atoms with E-state index in [4.69, 9.17) is 0 Å². The molecular weight excluding hydrogens is 324 g/mol. The fraction of sp³-hybridized carbons (Fsp3) is 0.524. The van der Waals surface area contributed by atoms with Crippen LogP contribution < -0.4 is 5.32 Å². The molecule has 0 bridgehead atoms. The number of nitrogens with zero attached hydrogens (tertiary/aromatic N) is 3. The minimum absolute atomic E-state index is 0.141. The second-order valence-corrected chi connectivity index (χ2v) is 7.70. The van der Waals surface area contributed by atoms with Crippen LogP contribution in [-0.4, -0.2) is 40.2 Å². The maximum Gasteiger partial charge on any atom is 0.258 e. The molecule has 26 heavy (non-hydrogen) atoms. The van der Waals surface area contributed by atoms with Gasteiger partial charge in [-0.25, -0.2) is 0 Å². The highest BCUT2D eigenvalue weighted by Gasteiger charge is 2.47. The van der Waals surface area contributed by atoms with Crippen LogP contribution in [0.2, 0.25) is 0 Å². The van der Waals surface area contributed by atoms with Gasteiger partial charge in [0.1, 0.15) is 0 Å². The van der Waals surface area contributed by atoms with E-state index in [1.807, 2.05) is 18.5 Å². The number of aromatic nitrogens is 2. The van der Waals surface area contributed by atoms with Gasteiger partial charge in [0.15, 0.2) is 0 Å². The van der Waals surface area contributed by atoms with Gasteiger partial charge in [0.25, 0.3) is 5.91 Å². The molecule has 5 heteroatoms. The van der Waals surface area contributed by atoms with E-state index >= 15 is 0 Å². The van der Waals surface area contributed by atoms with Crippen LogP contribution in [0, 0.1) is 32.6 Å². The molecule has 2 fully saturated rings. The Morgan fingerprint density at radius 2 is 2.00 bits per heavy atom. The number of carbonyl (C=O) groups excluding carboxylic acids is 1. The fourth-order valence-electron chi connectivity index (χ4n) is 4.90. The smallest absolute Gasteiger partial charge is 0.258 e. The molecule has 138 valence electrons. The average molecular weight is 352 g/mol. The molecule has 2 saturated heterocycles. The molecule has 0 spiro atoms. The van der Waals surface area contributed by atoms with Crippen LogP contribution in [0.4, 0.5) is 0 Å². The van der Waals surface area contributed by atoms with E-state index in [2.05, 4.69) is 53.4 Å². The lowest BCUT2D eigenvalue weighted by molar-refractivity contribution is 0.0712. The summed E-state index contributed by atoms with van der Waals surface area (Å²) in [5.74, 6) is 1.16. The Balaban J connectivity index is 1.76. The van der Waals surface area contributed by atoms with Crippen LogP contribution in [0.3, 0.4) is 0 Å². The summed E-state index contributed by atoms with van der Waals surface area (Å²) in [6.07, 6.45) is 0. The second kappa shape index (κ2) is 6.54. The predicted octanol–water partition coefficient (Wildman–Crippen LogP) is 2.86. The van der Waals surface area contributed by atoms with E-state index in [9.17, 15) is 4.79 Å². The molecule has 2 aromatic rings. The molecular formula is C21H28N4O. The van der Waals surface area contributed by atoms with E-state index in [-0.39, 0.29) is 11.9 Å². The molecule has 0 saturated carbocycles. The first-order valence-electron chi connectivity index (χ1n) is 9.64. The molecule has 0 radical (unpaired) electrons. The molecule has 1 aromatic carbocycles. The molecule has 2 aliphatic rings. The highest BCUT2D eigenvalue weighted by Crippen LogP contribution is 2.44. The summed E-state index contributed by atoms with van der Waals surface area (Å²) in [4.78, 5) is 15.7. The molecule has 2 aliphatic heterocycles. The van der Waals surface area contributed by atoms with Crippen LogP contribution in [-0.2, 0) is 6.54 Å². The summed E-state index contributed by atoms with van der Waals surface area (Å²) < 4.78 is 1.93. The molecule has 4 rings (SSSR count). The summed E-state index contributed by atoms with van der Waals surface area (Å²) in [7, 11) is 0. The van der Waals surface area contributed by atoms with E-state index in [1.54, 1.807) is 0 Å². The van der Waals surface area contributed by atoms with Gasteiger partial charge in [0, 0.05) is 37.8 Å². The van der Waals surface area contributed by atoms with Gasteiger partial charge < -0.3 is 10.2 Å². The Hall–Kier alpha value is -2.14. The van der Waals surface area contributed by atoms with E-state index in [0.717, 1.165) is 43.1 Å². The largest absolute Gasteiger partial charge is 0.331 e. The molecule has 3 heterocycles. The van der Waals surface area contributed by atoms with Crippen molar-refractivity contribution in [3.63, 3.8) is 0 Å². The Morgan fingerprint density at radius 3 is 2.69 bits per heavy atom. The number of hydrogen-bond acceptors (Lipinski definition) is 3. The highest BCUT2D eigenvalue weighted by atomic mass is 16.2. The van der Waals surface area contributed by atoms with Crippen LogP contribution in [0.25, 0.3) is 0 Å². The average Bonchev–Trinajstić information content (AvgIpc) is 3.28. The predicted molar refractivity (Wildman–Crippen MR) is 102 cm³/mol. The first-order valence-corrected chi connectivity index (χ1v) is 9.64. The van der Waals surface area contributed by atoms with E-state index in [1.165, 1.54) is 11.1 Å². The number of nitrogens with one attached hydrogen (secondary N) is 1.